The summed E-state index contributed by atoms with van der Waals surface area (Å²) in [4.78, 5) is 8.10. The number of imidazole rings is 1. The van der Waals surface area contributed by atoms with Crippen molar-refractivity contribution in [1.82, 2.24) is 9.97 Å². The van der Waals surface area contributed by atoms with Crippen molar-refractivity contribution in [3.05, 3.63) is 90.3 Å². The maximum Gasteiger partial charge on any atom is 0.133 e. The number of para-hydroxylation sites is 1. The molecule has 3 aromatic carbocycles. The quantitative estimate of drug-likeness (QED) is 0.566. The zero-order valence-corrected chi connectivity index (χ0v) is 13.3. The summed E-state index contributed by atoms with van der Waals surface area (Å²) in [5, 5.41) is 0. The number of ether oxygens (including phenoxy) is 1. The molecule has 0 amide bonds. The number of benzene rings is 3. The second-order valence-electron chi connectivity index (χ2n) is 5.73. The van der Waals surface area contributed by atoms with Gasteiger partial charge in [-0.05, 0) is 17.2 Å². The van der Waals surface area contributed by atoms with E-state index in [1.54, 1.807) is 0 Å². The van der Waals surface area contributed by atoms with Crippen molar-refractivity contribution < 1.29 is 4.74 Å². The summed E-state index contributed by atoms with van der Waals surface area (Å²) in [5.41, 5.74) is 5.50. The summed E-state index contributed by atoms with van der Waals surface area (Å²) < 4.78 is 5.79. The Kier molecular flexibility index (Phi) is 4.09. The minimum atomic E-state index is 0.470. The van der Waals surface area contributed by atoms with Crippen LogP contribution in [-0.4, -0.2) is 9.97 Å². The lowest BCUT2D eigenvalue weighted by atomic mass is 10.0. The zero-order chi connectivity index (χ0) is 16.2. The Hall–Kier alpha value is -2.91. The lowest BCUT2D eigenvalue weighted by Crippen LogP contribution is -1.95. The lowest BCUT2D eigenvalue weighted by molar-refractivity contribution is 0.102. The fraction of sp³-hybridized carbons (Fsp3) is 0.0952. The average molecular weight is 314 g/mol. The molecule has 0 saturated heterocycles. The third-order valence-electron chi connectivity index (χ3n) is 4.00. The van der Waals surface area contributed by atoms with Gasteiger partial charge in [0, 0.05) is 5.56 Å². The van der Waals surface area contributed by atoms with E-state index in [0.29, 0.717) is 13.2 Å². The maximum atomic E-state index is 5.79. The molecule has 0 unspecified atom stereocenters. The Bertz CT molecular complexity index is 930. The smallest absolute Gasteiger partial charge is 0.133 e. The highest BCUT2D eigenvalue weighted by molar-refractivity contribution is 5.91. The van der Waals surface area contributed by atoms with Crippen molar-refractivity contribution in [1.29, 1.82) is 0 Å². The molecule has 0 saturated carbocycles. The van der Waals surface area contributed by atoms with Crippen molar-refractivity contribution in [2.24, 2.45) is 0 Å². The van der Waals surface area contributed by atoms with E-state index in [2.05, 4.69) is 47.4 Å². The number of H-pyrrole nitrogens is 1. The molecule has 0 radical (unpaired) electrons. The van der Waals surface area contributed by atoms with Gasteiger partial charge in [-0.3, -0.25) is 0 Å². The number of aromatic amines is 1. The normalized spacial score (nSPS) is 11.0. The Balaban J connectivity index is 1.55. The molecule has 0 bridgehead atoms. The monoisotopic (exact) mass is 314 g/mol. The van der Waals surface area contributed by atoms with Gasteiger partial charge < -0.3 is 9.72 Å². The number of fused-ring (bicyclic) bond motifs is 1. The minimum Gasteiger partial charge on any atom is -0.369 e. The molecule has 3 nitrogen and oxygen atoms in total. The lowest BCUT2D eigenvalue weighted by Gasteiger charge is -2.02. The predicted molar refractivity (Wildman–Crippen MR) is 96.5 cm³/mol. The van der Waals surface area contributed by atoms with Gasteiger partial charge in [0.1, 0.15) is 12.4 Å². The number of nitrogens with zero attached hydrogens (tertiary/aromatic N) is 1. The molecular weight excluding hydrogens is 296 g/mol. The number of nitrogens with one attached hydrogen (secondary N) is 1. The van der Waals surface area contributed by atoms with Gasteiger partial charge in [-0.15, -0.1) is 0 Å². The second kappa shape index (κ2) is 6.69. The molecule has 4 aromatic rings. The van der Waals surface area contributed by atoms with Crippen molar-refractivity contribution in [2.75, 3.05) is 0 Å². The Labute approximate surface area is 140 Å². The largest absolute Gasteiger partial charge is 0.369 e. The molecule has 3 heteroatoms. The highest BCUT2D eigenvalue weighted by Crippen LogP contribution is 2.27. The third-order valence-corrected chi connectivity index (χ3v) is 4.00. The van der Waals surface area contributed by atoms with E-state index >= 15 is 0 Å². The molecule has 1 N–H and O–H groups in total. The second-order valence-corrected chi connectivity index (χ2v) is 5.73. The Morgan fingerprint density at radius 3 is 2.29 bits per heavy atom. The molecule has 0 spiro atoms. The first-order valence-electron chi connectivity index (χ1n) is 8.05. The molecule has 0 aliphatic rings. The average Bonchev–Trinajstić information content (AvgIpc) is 3.06. The maximum absolute atomic E-state index is 5.79. The van der Waals surface area contributed by atoms with Crippen molar-refractivity contribution in [3.63, 3.8) is 0 Å². The van der Waals surface area contributed by atoms with Crippen LogP contribution in [0.1, 0.15) is 11.4 Å². The topological polar surface area (TPSA) is 37.9 Å². The van der Waals surface area contributed by atoms with Crippen LogP contribution in [0.5, 0.6) is 0 Å². The zero-order valence-electron chi connectivity index (χ0n) is 13.3. The predicted octanol–water partition coefficient (Wildman–Crippen LogP) is 4.95. The molecular formula is C21H18N2O. The van der Waals surface area contributed by atoms with Gasteiger partial charge in [0.2, 0.25) is 0 Å². The van der Waals surface area contributed by atoms with Crippen LogP contribution in [0.15, 0.2) is 78.9 Å². The molecule has 1 heterocycles. The first kappa shape index (κ1) is 14.7. The van der Waals surface area contributed by atoms with Crippen LogP contribution < -0.4 is 0 Å². The molecule has 118 valence electrons. The van der Waals surface area contributed by atoms with Gasteiger partial charge in [-0.1, -0.05) is 72.8 Å². The van der Waals surface area contributed by atoms with Gasteiger partial charge in [0.25, 0.3) is 0 Å². The molecule has 0 fully saturated rings. The van der Waals surface area contributed by atoms with Crippen LogP contribution in [0.2, 0.25) is 0 Å². The highest BCUT2D eigenvalue weighted by atomic mass is 16.5. The molecule has 0 aliphatic heterocycles. The van der Waals surface area contributed by atoms with E-state index < -0.39 is 0 Å². The summed E-state index contributed by atoms with van der Waals surface area (Å²) in [6, 6.07) is 26.7. The van der Waals surface area contributed by atoms with E-state index in [0.717, 1.165) is 22.4 Å². The van der Waals surface area contributed by atoms with Gasteiger partial charge in [0.15, 0.2) is 0 Å². The third kappa shape index (κ3) is 3.07. The Morgan fingerprint density at radius 1 is 0.750 bits per heavy atom. The molecule has 0 atom stereocenters. The van der Waals surface area contributed by atoms with Crippen LogP contribution in [-0.2, 0) is 18.0 Å². The molecule has 0 aliphatic carbocycles. The number of aromatic nitrogens is 2. The van der Waals surface area contributed by atoms with Crippen LogP contribution in [0.3, 0.4) is 0 Å². The van der Waals surface area contributed by atoms with E-state index in [-0.39, 0.29) is 0 Å². The highest BCUT2D eigenvalue weighted by Gasteiger charge is 2.09. The van der Waals surface area contributed by atoms with Crippen LogP contribution in [0, 0.1) is 0 Å². The first-order valence-corrected chi connectivity index (χ1v) is 8.05. The summed E-state index contributed by atoms with van der Waals surface area (Å²) in [6.45, 7) is 1.06. The number of rotatable bonds is 5. The van der Waals surface area contributed by atoms with E-state index in [4.69, 9.17) is 9.72 Å². The van der Waals surface area contributed by atoms with Gasteiger partial charge in [0.05, 0.1) is 17.6 Å². The number of hydrogen-bond donors (Lipinski definition) is 1. The van der Waals surface area contributed by atoms with Gasteiger partial charge >= 0.3 is 0 Å². The molecule has 1 aromatic heterocycles. The molecule has 4 rings (SSSR count). The minimum absolute atomic E-state index is 0.470. The van der Waals surface area contributed by atoms with Crippen molar-refractivity contribution in [2.45, 2.75) is 13.2 Å². The van der Waals surface area contributed by atoms with Crippen LogP contribution in [0.25, 0.3) is 22.2 Å². The SMILES string of the molecule is c1ccc(COCc2nc3c(-c4ccccc4)cccc3[nH]2)cc1. The fourth-order valence-corrected chi connectivity index (χ4v) is 2.84. The summed E-state index contributed by atoms with van der Waals surface area (Å²) in [6.07, 6.45) is 0. The van der Waals surface area contributed by atoms with Crippen molar-refractivity contribution in [3.8, 4) is 11.1 Å². The van der Waals surface area contributed by atoms with E-state index in [1.165, 1.54) is 11.1 Å². The number of hydrogen-bond acceptors (Lipinski definition) is 2. The standard InChI is InChI=1S/C21H18N2O/c1-3-8-16(9-4-1)14-24-15-20-22-19-13-7-12-18(21(19)23-20)17-10-5-2-6-11-17/h1-13H,14-15H2,(H,22,23). The van der Waals surface area contributed by atoms with Crippen molar-refractivity contribution >= 4 is 11.0 Å². The summed E-state index contributed by atoms with van der Waals surface area (Å²) in [5.74, 6) is 0.851. The van der Waals surface area contributed by atoms with Gasteiger partial charge in [-0.2, -0.15) is 0 Å². The Morgan fingerprint density at radius 2 is 1.50 bits per heavy atom. The first-order chi connectivity index (χ1) is 11.9. The summed E-state index contributed by atoms with van der Waals surface area (Å²) >= 11 is 0. The van der Waals surface area contributed by atoms with Crippen LogP contribution in [0.4, 0.5) is 0 Å². The van der Waals surface area contributed by atoms with Gasteiger partial charge in [-0.25, -0.2) is 4.98 Å². The summed E-state index contributed by atoms with van der Waals surface area (Å²) in [7, 11) is 0. The van der Waals surface area contributed by atoms with Crippen LogP contribution >= 0.6 is 0 Å². The van der Waals surface area contributed by atoms with E-state index in [9.17, 15) is 0 Å². The van der Waals surface area contributed by atoms with E-state index in [1.807, 2.05) is 36.4 Å². The molecule has 24 heavy (non-hydrogen) atoms. The fourth-order valence-electron chi connectivity index (χ4n) is 2.84.